The van der Waals surface area contributed by atoms with Gasteiger partial charge in [-0.1, -0.05) is 11.6 Å². The molecule has 26 heavy (non-hydrogen) atoms. The van der Waals surface area contributed by atoms with E-state index in [9.17, 15) is 9.59 Å². The smallest absolute Gasteiger partial charge is 0.261 e. The van der Waals surface area contributed by atoms with Crippen LogP contribution in [-0.4, -0.2) is 28.7 Å². The predicted octanol–water partition coefficient (Wildman–Crippen LogP) is 2.46. The highest BCUT2D eigenvalue weighted by Gasteiger charge is 2.13. The van der Waals surface area contributed by atoms with Crippen molar-refractivity contribution in [2.24, 2.45) is 0 Å². The molecule has 0 saturated heterocycles. The molecule has 0 bridgehead atoms. The first-order chi connectivity index (χ1) is 12.6. The normalized spacial score (nSPS) is 12.8. The van der Waals surface area contributed by atoms with E-state index >= 15 is 0 Å². The summed E-state index contributed by atoms with van der Waals surface area (Å²) in [5, 5.41) is 3.65. The maximum Gasteiger partial charge on any atom is 0.261 e. The van der Waals surface area contributed by atoms with E-state index in [0.717, 1.165) is 0 Å². The minimum absolute atomic E-state index is 0.154. The van der Waals surface area contributed by atoms with E-state index in [1.807, 2.05) is 0 Å². The lowest BCUT2D eigenvalue weighted by Gasteiger charge is -2.19. The van der Waals surface area contributed by atoms with Crippen LogP contribution in [0.25, 0.3) is 10.9 Å². The number of anilines is 1. The fourth-order valence-electron chi connectivity index (χ4n) is 2.72. The predicted molar refractivity (Wildman–Crippen MR) is 97.1 cm³/mol. The highest BCUT2D eigenvalue weighted by molar-refractivity contribution is 6.31. The molecule has 0 aliphatic carbocycles. The molecule has 1 aromatic heterocycles. The maximum absolute atomic E-state index is 12.5. The first kappa shape index (κ1) is 16.4. The van der Waals surface area contributed by atoms with Crippen LogP contribution in [-0.2, 0) is 11.3 Å². The average molecular weight is 372 g/mol. The van der Waals surface area contributed by atoms with E-state index in [-0.39, 0.29) is 18.0 Å². The highest BCUT2D eigenvalue weighted by Crippen LogP contribution is 2.32. The fourth-order valence-corrected chi connectivity index (χ4v) is 2.89. The van der Waals surface area contributed by atoms with Gasteiger partial charge in [0.15, 0.2) is 11.5 Å². The van der Waals surface area contributed by atoms with E-state index in [1.165, 1.54) is 10.9 Å². The molecule has 8 heteroatoms. The zero-order valence-electron chi connectivity index (χ0n) is 13.6. The summed E-state index contributed by atoms with van der Waals surface area (Å²) >= 11 is 5.90. The summed E-state index contributed by atoms with van der Waals surface area (Å²) in [4.78, 5) is 29.0. The summed E-state index contributed by atoms with van der Waals surface area (Å²) in [6.07, 6.45) is 1.34. The van der Waals surface area contributed by atoms with E-state index in [1.54, 1.807) is 36.4 Å². The van der Waals surface area contributed by atoms with Crippen LogP contribution in [0.5, 0.6) is 11.5 Å². The molecular formula is C18H14ClN3O4. The molecule has 0 unspecified atom stereocenters. The molecule has 2 heterocycles. The minimum Gasteiger partial charge on any atom is -0.486 e. The van der Waals surface area contributed by atoms with E-state index in [4.69, 9.17) is 21.1 Å². The van der Waals surface area contributed by atoms with Crippen LogP contribution in [0, 0.1) is 0 Å². The third-order valence-electron chi connectivity index (χ3n) is 3.93. The first-order valence-electron chi connectivity index (χ1n) is 7.94. The van der Waals surface area contributed by atoms with Crippen LogP contribution in [0.3, 0.4) is 0 Å². The number of ether oxygens (including phenoxy) is 2. The Balaban J connectivity index is 1.53. The van der Waals surface area contributed by atoms with Crippen molar-refractivity contribution in [2.45, 2.75) is 6.54 Å². The van der Waals surface area contributed by atoms with Crippen molar-refractivity contribution in [1.29, 1.82) is 0 Å². The van der Waals surface area contributed by atoms with Gasteiger partial charge in [-0.2, -0.15) is 0 Å². The first-order valence-corrected chi connectivity index (χ1v) is 8.32. The molecule has 1 N–H and O–H groups in total. The van der Waals surface area contributed by atoms with Gasteiger partial charge in [0.2, 0.25) is 5.91 Å². The van der Waals surface area contributed by atoms with Gasteiger partial charge in [-0.3, -0.25) is 14.2 Å². The number of aromatic nitrogens is 2. The quantitative estimate of drug-likeness (QED) is 0.764. The third kappa shape index (κ3) is 3.21. The summed E-state index contributed by atoms with van der Waals surface area (Å²) in [6.45, 7) is 0.813. The Labute approximate surface area is 153 Å². The molecule has 7 nitrogen and oxygen atoms in total. The maximum atomic E-state index is 12.5. The lowest BCUT2D eigenvalue weighted by molar-refractivity contribution is -0.116. The van der Waals surface area contributed by atoms with E-state index < -0.39 is 0 Å². The Morgan fingerprint density at radius 2 is 1.96 bits per heavy atom. The number of halogens is 1. The van der Waals surface area contributed by atoms with Gasteiger partial charge in [0.25, 0.3) is 5.56 Å². The molecule has 1 amide bonds. The van der Waals surface area contributed by atoms with Crippen LogP contribution in [0.15, 0.2) is 47.5 Å². The minimum atomic E-state index is -0.348. The van der Waals surface area contributed by atoms with Gasteiger partial charge in [0.1, 0.15) is 19.8 Å². The Hall–Kier alpha value is -3.06. The number of hydrogen-bond donors (Lipinski definition) is 1. The third-order valence-corrected chi connectivity index (χ3v) is 4.16. The number of nitrogens with one attached hydrogen (secondary N) is 1. The molecule has 2 aromatic carbocycles. The second-order valence-corrected chi connectivity index (χ2v) is 6.18. The van der Waals surface area contributed by atoms with Crippen molar-refractivity contribution in [2.75, 3.05) is 18.5 Å². The van der Waals surface area contributed by atoms with Gasteiger partial charge < -0.3 is 14.8 Å². The molecule has 132 valence electrons. The molecule has 0 fully saturated rings. The van der Waals surface area contributed by atoms with Crippen molar-refractivity contribution in [3.05, 3.63) is 58.1 Å². The number of carbonyl (C=O) groups excluding carboxylic acids is 1. The lowest BCUT2D eigenvalue weighted by atomic mass is 10.2. The SMILES string of the molecule is O=C(Cn1cnc2cc(Cl)ccc2c1=O)Nc1ccc2c(c1)OCCO2. The van der Waals surface area contributed by atoms with Crippen LogP contribution in [0.4, 0.5) is 5.69 Å². The second-order valence-electron chi connectivity index (χ2n) is 5.75. The van der Waals surface area contributed by atoms with Gasteiger partial charge in [-0.15, -0.1) is 0 Å². The fraction of sp³-hybridized carbons (Fsp3) is 0.167. The van der Waals surface area contributed by atoms with Crippen LogP contribution >= 0.6 is 11.6 Å². The average Bonchev–Trinajstić information content (AvgIpc) is 2.64. The summed E-state index contributed by atoms with van der Waals surface area (Å²) < 4.78 is 12.2. The number of carbonyl (C=O) groups is 1. The number of benzene rings is 2. The Morgan fingerprint density at radius 1 is 1.15 bits per heavy atom. The van der Waals surface area contributed by atoms with Gasteiger partial charge in [0, 0.05) is 16.8 Å². The summed E-state index contributed by atoms with van der Waals surface area (Å²) in [7, 11) is 0. The van der Waals surface area contributed by atoms with Crippen molar-refractivity contribution < 1.29 is 14.3 Å². The molecular weight excluding hydrogens is 358 g/mol. The number of rotatable bonds is 3. The topological polar surface area (TPSA) is 82.5 Å². The number of amides is 1. The van der Waals surface area contributed by atoms with Gasteiger partial charge in [0.05, 0.1) is 17.2 Å². The summed E-state index contributed by atoms with van der Waals surface area (Å²) in [6, 6.07) is 9.97. The monoisotopic (exact) mass is 371 g/mol. The molecule has 4 rings (SSSR count). The number of nitrogens with zero attached hydrogens (tertiary/aromatic N) is 2. The van der Waals surface area contributed by atoms with Crippen molar-refractivity contribution in [3.8, 4) is 11.5 Å². The lowest BCUT2D eigenvalue weighted by Crippen LogP contribution is -2.28. The Morgan fingerprint density at radius 3 is 2.81 bits per heavy atom. The Bertz CT molecular complexity index is 1060. The van der Waals surface area contributed by atoms with Crippen molar-refractivity contribution in [3.63, 3.8) is 0 Å². The van der Waals surface area contributed by atoms with Crippen molar-refractivity contribution >= 4 is 34.1 Å². The van der Waals surface area contributed by atoms with E-state index in [2.05, 4.69) is 10.3 Å². The molecule has 3 aromatic rings. The highest BCUT2D eigenvalue weighted by atomic mass is 35.5. The van der Waals surface area contributed by atoms with Gasteiger partial charge in [-0.05, 0) is 30.3 Å². The summed E-state index contributed by atoms with van der Waals surface area (Å²) in [5.41, 5.74) is 0.753. The van der Waals surface area contributed by atoms with Crippen LogP contribution in [0.2, 0.25) is 5.02 Å². The number of fused-ring (bicyclic) bond motifs is 2. The van der Waals surface area contributed by atoms with Crippen LogP contribution < -0.4 is 20.3 Å². The molecule has 0 saturated carbocycles. The zero-order chi connectivity index (χ0) is 18.1. The Kier molecular flexibility index (Phi) is 4.22. The molecule has 1 aliphatic rings. The molecule has 0 radical (unpaired) electrons. The molecule has 0 atom stereocenters. The second kappa shape index (κ2) is 6.68. The molecule has 0 spiro atoms. The zero-order valence-corrected chi connectivity index (χ0v) is 14.3. The van der Waals surface area contributed by atoms with E-state index in [0.29, 0.717) is 46.3 Å². The largest absolute Gasteiger partial charge is 0.486 e. The number of hydrogen-bond acceptors (Lipinski definition) is 5. The van der Waals surface area contributed by atoms with Gasteiger partial charge in [-0.25, -0.2) is 4.98 Å². The standard InChI is InChI=1S/C18H14ClN3O4/c19-11-1-3-13-14(7-11)20-10-22(18(13)24)9-17(23)21-12-2-4-15-16(8-12)26-6-5-25-15/h1-4,7-8,10H,5-6,9H2,(H,21,23). The summed E-state index contributed by atoms with van der Waals surface area (Å²) in [5.74, 6) is 0.872. The molecule has 1 aliphatic heterocycles. The van der Waals surface area contributed by atoms with Crippen molar-refractivity contribution in [1.82, 2.24) is 9.55 Å². The van der Waals surface area contributed by atoms with Crippen LogP contribution in [0.1, 0.15) is 0 Å². The van der Waals surface area contributed by atoms with Gasteiger partial charge >= 0.3 is 0 Å².